The maximum absolute atomic E-state index is 12.7. The van der Waals surface area contributed by atoms with Gasteiger partial charge in [0.05, 0.1) is 13.4 Å². The first-order chi connectivity index (χ1) is 9.08. The molecule has 4 nitrogen and oxygen atoms in total. The van der Waals surface area contributed by atoms with Crippen molar-refractivity contribution in [3.05, 3.63) is 36.1 Å². The second-order valence-corrected chi connectivity index (χ2v) is 5.67. The van der Waals surface area contributed by atoms with Crippen LogP contribution in [0.15, 0.2) is 33.6 Å². The summed E-state index contributed by atoms with van der Waals surface area (Å²) in [5, 5.41) is 0. The lowest BCUT2D eigenvalue weighted by atomic mass is 10.2. The Kier molecular flexibility index (Phi) is 4.82. The highest BCUT2D eigenvalue weighted by Gasteiger charge is 2.43. The minimum Gasteiger partial charge on any atom is -0.464 e. The topological polar surface area (TPSA) is 58.9 Å². The van der Waals surface area contributed by atoms with Gasteiger partial charge >= 0.3 is 12.1 Å². The quantitative estimate of drug-likeness (QED) is 0.688. The van der Waals surface area contributed by atoms with Crippen molar-refractivity contribution in [3.8, 4) is 0 Å². The highest BCUT2D eigenvalue weighted by atomic mass is 32.3. The van der Waals surface area contributed by atoms with Gasteiger partial charge in [-0.15, -0.1) is 0 Å². The van der Waals surface area contributed by atoms with E-state index in [1.807, 2.05) is 0 Å². The molecule has 1 N–H and O–H groups in total. The largest absolute Gasteiger partial charge is 0.464 e. The Morgan fingerprint density at radius 3 is 2.25 bits per heavy atom. The predicted octanol–water partition coefficient (Wildman–Crippen LogP) is 3.39. The fourth-order valence-electron chi connectivity index (χ4n) is 1.23. The molecule has 0 aliphatic rings. The summed E-state index contributed by atoms with van der Waals surface area (Å²) < 4.78 is 54.9. The number of benzene rings is 1. The first-order valence-electron chi connectivity index (χ1n) is 5.23. The number of hydrogen-bond acceptors (Lipinski definition) is 4. The molecule has 1 aromatic rings. The van der Waals surface area contributed by atoms with Gasteiger partial charge in [-0.2, -0.15) is 17.6 Å². The number of methoxy groups -OCH3 is 1. The Balaban J connectivity index is 3.27. The molecule has 0 heterocycles. The first kappa shape index (κ1) is 16.5. The van der Waals surface area contributed by atoms with Crippen LogP contribution < -0.4 is 0 Å². The van der Waals surface area contributed by atoms with Crippen LogP contribution in [0, 0.1) is 13.2 Å². The molecule has 1 aromatic carbocycles. The first-order valence-corrected chi connectivity index (χ1v) is 6.84. The summed E-state index contributed by atoms with van der Waals surface area (Å²) in [4.78, 5) is 11.1. The highest BCUT2D eigenvalue weighted by molar-refractivity contribution is 8.29. The molecular weight excluding hydrogens is 295 g/mol. The summed E-state index contributed by atoms with van der Waals surface area (Å²) >= 11 is 0. The summed E-state index contributed by atoms with van der Waals surface area (Å²) in [5.41, 5.74) is -1.04. The molecule has 20 heavy (non-hydrogen) atoms. The van der Waals surface area contributed by atoms with E-state index in [4.69, 9.17) is 6.26 Å². The third kappa shape index (κ3) is 3.97. The third-order valence-electron chi connectivity index (χ3n) is 2.25. The van der Waals surface area contributed by atoms with E-state index in [9.17, 15) is 22.5 Å². The summed E-state index contributed by atoms with van der Waals surface area (Å²) in [7, 11) is -2.87. The number of nitrogens with zero attached hydrogens (tertiary/aromatic N) is 1. The Morgan fingerprint density at radius 2 is 1.85 bits per heavy atom. The van der Waals surface area contributed by atoms with Gasteiger partial charge in [0.15, 0.2) is 0 Å². The number of rotatable bonds is 3. The van der Waals surface area contributed by atoms with Crippen molar-refractivity contribution in [2.75, 3.05) is 7.11 Å². The monoisotopic (exact) mass is 307 g/mol. The second-order valence-electron chi connectivity index (χ2n) is 3.84. The maximum Gasteiger partial charge on any atom is 0.441 e. The van der Waals surface area contributed by atoms with Crippen molar-refractivity contribution in [1.82, 2.24) is 0 Å². The fraction of sp³-hybridized carbons (Fsp3) is 0.250. The highest BCUT2D eigenvalue weighted by Crippen LogP contribution is 2.52. The maximum atomic E-state index is 12.7. The van der Waals surface area contributed by atoms with Gasteiger partial charge in [0.1, 0.15) is 0 Å². The number of carbonyl (C=O) groups excluding carboxylic acids is 1. The zero-order valence-electron chi connectivity index (χ0n) is 10.6. The van der Waals surface area contributed by atoms with Crippen molar-refractivity contribution in [2.45, 2.75) is 18.0 Å². The third-order valence-corrected chi connectivity index (χ3v) is 3.67. The smallest absolute Gasteiger partial charge is 0.441 e. The molecule has 0 aliphatic carbocycles. The van der Waals surface area contributed by atoms with Crippen LogP contribution in [0.3, 0.4) is 0 Å². The SMILES string of the molecule is [CH]S(O)(/N=C(\C(=O)OC)C(F)(F)F)c1ccc(C)cc1. The lowest BCUT2D eigenvalue weighted by molar-refractivity contribution is -0.137. The lowest BCUT2D eigenvalue weighted by Crippen LogP contribution is -2.32. The normalized spacial score (nSPS) is 17.2. The Bertz CT molecular complexity index is 524. The van der Waals surface area contributed by atoms with E-state index in [0.717, 1.165) is 12.7 Å². The summed E-state index contributed by atoms with van der Waals surface area (Å²) in [6, 6.07) is 5.81. The molecule has 0 spiro atoms. The van der Waals surface area contributed by atoms with Crippen LogP contribution in [0.4, 0.5) is 13.2 Å². The zero-order chi connectivity index (χ0) is 15.6. The van der Waals surface area contributed by atoms with Gasteiger partial charge < -0.3 is 9.29 Å². The van der Waals surface area contributed by atoms with E-state index < -0.39 is 28.4 Å². The van der Waals surface area contributed by atoms with Crippen LogP contribution in [0.2, 0.25) is 0 Å². The van der Waals surface area contributed by atoms with Crippen LogP contribution in [0.25, 0.3) is 0 Å². The molecule has 110 valence electrons. The Morgan fingerprint density at radius 1 is 1.35 bits per heavy atom. The van der Waals surface area contributed by atoms with Gasteiger partial charge in [-0.25, -0.2) is 4.79 Å². The molecule has 2 radical (unpaired) electrons. The molecular formula is C12H12F3NO3S. The molecule has 0 aromatic heterocycles. The van der Waals surface area contributed by atoms with Gasteiger partial charge in [0, 0.05) is 4.90 Å². The predicted molar refractivity (Wildman–Crippen MR) is 69.5 cm³/mol. The number of carbonyl (C=O) groups is 1. The number of hydrogen-bond donors (Lipinski definition) is 1. The van der Waals surface area contributed by atoms with Crippen molar-refractivity contribution in [1.29, 1.82) is 0 Å². The van der Waals surface area contributed by atoms with E-state index in [1.54, 1.807) is 19.1 Å². The van der Waals surface area contributed by atoms with E-state index in [1.165, 1.54) is 12.1 Å². The van der Waals surface area contributed by atoms with Gasteiger partial charge in [-0.1, -0.05) is 17.7 Å². The van der Waals surface area contributed by atoms with Crippen LogP contribution in [0.5, 0.6) is 0 Å². The zero-order valence-corrected chi connectivity index (χ0v) is 11.5. The van der Waals surface area contributed by atoms with Crippen molar-refractivity contribution < 1.29 is 27.3 Å². The number of ether oxygens (including phenoxy) is 1. The minimum absolute atomic E-state index is 0.00578. The average molecular weight is 307 g/mol. The van der Waals surface area contributed by atoms with Crippen LogP contribution >= 0.6 is 10.5 Å². The van der Waals surface area contributed by atoms with E-state index in [2.05, 4.69) is 9.13 Å². The van der Waals surface area contributed by atoms with E-state index >= 15 is 0 Å². The molecule has 0 amide bonds. The van der Waals surface area contributed by atoms with Crippen LogP contribution in [-0.4, -0.2) is 29.5 Å². The van der Waals surface area contributed by atoms with Crippen LogP contribution in [-0.2, 0) is 9.53 Å². The van der Waals surface area contributed by atoms with E-state index in [-0.39, 0.29) is 4.90 Å². The lowest BCUT2D eigenvalue weighted by Gasteiger charge is -2.25. The molecule has 0 bridgehead atoms. The van der Waals surface area contributed by atoms with Gasteiger partial charge in [-0.05, 0) is 29.6 Å². The molecule has 0 aliphatic heterocycles. The van der Waals surface area contributed by atoms with Gasteiger partial charge in [-0.3, -0.25) is 0 Å². The fourth-order valence-corrected chi connectivity index (χ4v) is 2.33. The minimum atomic E-state index is -5.07. The summed E-state index contributed by atoms with van der Waals surface area (Å²) in [6.07, 6.45) is 0.351. The number of esters is 1. The molecule has 1 unspecified atom stereocenters. The second kappa shape index (κ2) is 5.84. The molecule has 0 fully saturated rings. The average Bonchev–Trinajstić information content (AvgIpc) is 2.34. The summed E-state index contributed by atoms with van der Waals surface area (Å²) in [6.45, 7) is 1.76. The van der Waals surface area contributed by atoms with E-state index in [0.29, 0.717) is 0 Å². The Hall–Kier alpha value is -1.54. The van der Waals surface area contributed by atoms with Crippen molar-refractivity contribution in [3.63, 3.8) is 0 Å². The molecule has 1 atom stereocenters. The van der Waals surface area contributed by atoms with Crippen LogP contribution in [0.1, 0.15) is 5.56 Å². The molecule has 1 rings (SSSR count). The van der Waals surface area contributed by atoms with Crippen molar-refractivity contribution in [2.24, 2.45) is 4.40 Å². The molecule has 0 saturated heterocycles. The molecule has 0 saturated carbocycles. The Labute approximate surface area is 115 Å². The molecule has 8 heteroatoms. The standard InChI is InChI=1S/C12H12F3NO3S/c1-8-4-6-9(7-5-8)20(3,18)16-10(11(17)19-2)12(13,14)15/h3-7,18H,1-2H3/b16-10+. The van der Waals surface area contributed by atoms with Gasteiger partial charge in [0.25, 0.3) is 0 Å². The number of alkyl halides is 3. The number of aryl methyl sites for hydroxylation is 1. The number of halogens is 3. The van der Waals surface area contributed by atoms with Gasteiger partial charge in [0.2, 0.25) is 5.71 Å². The summed E-state index contributed by atoms with van der Waals surface area (Å²) in [5.74, 6) is -1.71. The van der Waals surface area contributed by atoms with Crippen molar-refractivity contribution >= 4 is 22.2 Å².